The molecule has 0 radical (unpaired) electrons. The first kappa shape index (κ1) is 18.6. The number of halogens is 2. The maximum Gasteiger partial charge on any atom is 0.112 e. The van der Waals surface area contributed by atoms with Gasteiger partial charge in [-0.15, -0.1) is 0 Å². The van der Waals surface area contributed by atoms with Crippen LogP contribution in [0, 0.1) is 0 Å². The zero-order chi connectivity index (χ0) is 15.3. The summed E-state index contributed by atoms with van der Waals surface area (Å²) < 4.78 is 1.16. The molecule has 0 aliphatic rings. The molecule has 23 heavy (non-hydrogen) atoms. The second kappa shape index (κ2) is 8.96. The van der Waals surface area contributed by atoms with Gasteiger partial charge < -0.3 is 17.0 Å². The van der Waals surface area contributed by atoms with Gasteiger partial charge >= 0.3 is 0 Å². The van der Waals surface area contributed by atoms with Gasteiger partial charge in [-0.05, 0) is 36.4 Å². The van der Waals surface area contributed by atoms with Crippen LogP contribution in [-0.2, 0) is 0 Å². The molecule has 0 N–H and O–H groups in total. The van der Waals surface area contributed by atoms with E-state index in [0.29, 0.717) is 0 Å². The highest BCUT2D eigenvalue weighted by Gasteiger charge is 2.44. The van der Waals surface area contributed by atoms with Crippen LogP contribution in [-0.4, -0.2) is 10.6 Å². The van der Waals surface area contributed by atoms with Crippen molar-refractivity contribution >= 4 is 45.8 Å². The molecule has 0 unspecified atom stereocenters. The summed E-state index contributed by atoms with van der Waals surface area (Å²) in [5.41, 5.74) is 0. The predicted octanol–water partition coefficient (Wildman–Crippen LogP) is 1.42. The van der Waals surface area contributed by atoms with Crippen molar-refractivity contribution in [3.05, 3.63) is 91.0 Å². The Bertz CT molecular complexity index is 605. The molecule has 3 aromatic carbocycles. The van der Waals surface area contributed by atoms with E-state index >= 15 is 0 Å². The van der Waals surface area contributed by atoms with Crippen molar-refractivity contribution < 1.29 is 17.0 Å². The minimum absolute atomic E-state index is 0. The zero-order valence-electron chi connectivity index (χ0n) is 12.8. The summed E-state index contributed by atoms with van der Waals surface area (Å²) in [5, 5.41) is 4.43. The van der Waals surface area contributed by atoms with E-state index in [9.17, 15) is 0 Å². The maximum atomic E-state index is 2.52. The van der Waals surface area contributed by atoms with E-state index in [4.69, 9.17) is 0 Å². The molecule has 0 atom stereocenters. The van der Waals surface area contributed by atoms with Crippen molar-refractivity contribution in [2.45, 2.75) is 0 Å². The Morgan fingerprint density at radius 2 is 0.870 bits per heavy atom. The van der Waals surface area contributed by atoms with Gasteiger partial charge in [0, 0.05) is 4.43 Å². The van der Waals surface area contributed by atoms with Crippen molar-refractivity contribution in [3.63, 3.8) is 0 Å². The maximum absolute atomic E-state index is 2.52. The van der Waals surface area contributed by atoms with Crippen LogP contribution in [0.1, 0.15) is 0 Å². The average Bonchev–Trinajstić information content (AvgIpc) is 2.62. The Morgan fingerprint density at radius 1 is 0.565 bits per heavy atom. The Balaban J connectivity index is 0.00000192. The van der Waals surface area contributed by atoms with Gasteiger partial charge in [-0.3, -0.25) is 0 Å². The number of rotatable bonds is 5. The van der Waals surface area contributed by atoms with Crippen LogP contribution in [0.15, 0.2) is 91.0 Å². The largest absolute Gasteiger partial charge is 1.00 e. The molecule has 3 rings (SSSR count). The van der Waals surface area contributed by atoms with E-state index in [-0.39, 0.29) is 17.0 Å². The Morgan fingerprint density at radius 3 is 1.13 bits per heavy atom. The highest BCUT2D eigenvalue weighted by atomic mass is 127. The van der Waals surface area contributed by atoms with E-state index in [0.717, 1.165) is 4.43 Å². The third-order valence-electron chi connectivity index (χ3n) is 4.01. The standard InChI is InChI=1S/C20H19IP.BrH/c21-16-17-22(18-10-4-1-5-11-18,19-12-6-2-7-13-19)20-14-8-3-9-15-20;/h1-15H,16-17H2;1H/q+1;/p-1. The van der Waals surface area contributed by atoms with Gasteiger partial charge in [-0.1, -0.05) is 77.2 Å². The van der Waals surface area contributed by atoms with E-state index in [2.05, 4.69) is 114 Å². The van der Waals surface area contributed by atoms with E-state index in [1.165, 1.54) is 22.1 Å². The molecule has 0 amide bonds. The van der Waals surface area contributed by atoms with Gasteiger partial charge in [0.1, 0.15) is 23.2 Å². The zero-order valence-corrected chi connectivity index (χ0v) is 17.4. The number of benzene rings is 3. The van der Waals surface area contributed by atoms with Crippen molar-refractivity contribution in [3.8, 4) is 0 Å². The van der Waals surface area contributed by atoms with Gasteiger partial charge in [0.2, 0.25) is 0 Å². The monoisotopic (exact) mass is 496 g/mol. The first-order valence-electron chi connectivity index (χ1n) is 7.49. The first-order valence-corrected chi connectivity index (χ1v) is 11.0. The lowest BCUT2D eigenvalue weighted by Gasteiger charge is -2.27. The smallest absolute Gasteiger partial charge is 0.112 e. The number of hydrogen-bond donors (Lipinski definition) is 0. The van der Waals surface area contributed by atoms with Crippen molar-refractivity contribution in [1.29, 1.82) is 0 Å². The number of alkyl halides is 1. The third-order valence-corrected chi connectivity index (χ3v) is 9.84. The molecule has 0 aliphatic heterocycles. The molecule has 0 saturated carbocycles. The molecule has 0 nitrogen and oxygen atoms in total. The minimum Gasteiger partial charge on any atom is -1.00 e. The Kier molecular flexibility index (Phi) is 7.26. The van der Waals surface area contributed by atoms with E-state index in [1.54, 1.807) is 0 Å². The van der Waals surface area contributed by atoms with Crippen molar-refractivity contribution in [2.75, 3.05) is 10.6 Å². The molecule has 3 heteroatoms. The summed E-state index contributed by atoms with van der Waals surface area (Å²) >= 11 is 2.52. The second-order valence-corrected chi connectivity index (χ2v) is 9.92. The van der Waals surface area contributed by atoms with Crippen molar-refractivity contribution in [1.82, 2.24) is 0 Å². The summed E-state index contributed by atoms with van der Waals surface area (Å²) in [6.45, 7) is 0. The van der Waals surface area contributed by atoms with Crippen LogP contribution in [0.5, 0.6) is 0 Å². The van der Waals surface area contributed by atoms with Crippen LogP contribution in [0.4, 0.5) is 0 Å². The minimum atomic E-state index is -1.56. The Hall–Kier alpha value is -0.700. The molecule has 3 aromatic rings. The van der Waals surface area contributed by atoms with Crippen molar-refractivity contribution in [2.24, 2.45) is 0 Å². The van der Waals surface area contributed by atoms with Crippen LogP contribution in [0.25, 0.3) is 0 Å². The normalized spacial score (nSPS) is 10.8. The summed E-state index contributed by atoms with van der Waals surface area (Å²) in [5.74, 6) is 0. The SMILES string of the molecule is ICC[P+](c1ccccc1)(c1ccccc1)c1ccccc1.[Br-]. The highest BCUT2D eigenvalue weighted by Crippen LogP contribution is 2.55. The topological polar surface area (TPSA) is 0 Å². The first-order chi connectivity index (χ1) is 10.9. The van der Waals surface area contributed by atoms with Gasteiger partial charge in [0.05, 0.1) is 6.16 Å². The predicted molar refractivity (Wildman–Crippen MR) is 109 cm³/mol. The lowest BCUT2D eigenvalue weighted by atomic mass is 10.4. The third kappa shape index (κ3) is 3.87. The summed E-state index contributed by atoms with van der Waals surface area (Å²) in [4.78, 5) is 0. The van der Waals surface area contributed by atoms with Crippen LogP contribution < -0.4 is 32.9 Å². The second-order valence-electron chi connectivity index (χ2n) is 5.23. The van der Waals surface area contributed by atoms with Crippen LogP contribution in [0.2, 0.25) is 0 Å². The molecule has 0 aromatic heterocycles. The fourth-order valence-electron chi connectivity index (χ4n) is 3.01. The molecule has 0 spiro atoms. The molecule has 0 aliphatic carbocycles. The van der Waals surface area contributed by atoms with E-state index in [1.807, 2.05) is 0 Å². The van der Waals surface area contributed by atoms with Gasteiger partial charge in [0.15, 0.2) is 0 Å². The highest BCUT2D eigenvalue weighted by molar-refractivity contribution is 14.1. The summed E-state index contributed by atoms with van der Waals surface area (Å²) in [7, 11) is -1.56. The lowest BCUT2D eigenvalue weighted by molar-refractivity contribution is -0.00000411. The van der Waals surface area contributed by atoms with Gasteiger partial charge in [0.25, 0.3) is 0 Å². The van der Waals surface area contributed by atoms with E-state index < -0.39 is 7.26 Å². The fourth-order valence-corrected chi connectivity index (χ4v) is 9.15. The molecule has 118 valence electrons. The number of hydrogen-bond acceptors (Lipinski definition) is 0. The molecular formula is C20H19BrIP. The fraction of sp³-hybridized carbons (Fsp3) is 0.100. The summed E-state index contributed by atoms with van der Waals surface area (Å²) in [6.07, 6.45) is 1.20. The quantitative estimate of drug-likeness (QED) is 0.285. The average molecular weight is 497 g/mol. The molecule has 0 bridgehead atoms. The van der Waals surface area contributed by atoms with Gasteiger partial charge in [-0.25, -0.2) is 0 Å². The molecule has 0 saturated heterocycles. The van der Waals surface area contributed by atoms with Crippen LogP contribution >= 0.6 is 29.9 Å². The molecule has 0 heterocycles. The lowest BCUT2D eigenvalue weighted by Crippen LogP contribution is -3.00. The molecule has 0 fully saturated rings. The Labute approximate surface area is 163 Å². The summed E-state index contributed by atoms with van der Waals surface area (Å²) in [6, 6.07) is 33.2. The van der Waals surface area contributed by atoms with Gasteiger partial charge in [-0.2, -0.15) is 0 Å². The van der Waals surface area contributed by atoms with Crippen LogP contribution in [0.3, 0.4) is 0 Å². The molecular weight excluding hydrogens is 478 g/mol.